The highest BCUT2D eigenvalue weighted by Crippen LogP contribution is 2.40. The molecule has 2 fully saturated rings. The minimum atomic E-state index is -0.199. The standard InChI is InChI=1S/C18H26N2O/c1-14-6-8-16(9-7-14)15(2)19-17(21)18(10-5-11-18)20-12-3-4-13-20/h6-9,15H,3-5,10-13H2,1-2H3,(H,19,21). The lowest BCUT2D eigenvalue weighted by atomic mass is 9.74. The van der Waals surface area contributed by atoms with Gasteiger partial charge in [-0.25, -0.2) is 0 Å². The molecular formula is C18H26N2O. The van der Waals surface area contributed by atoms with Gasteiger partial charge in [0.15, 0.2) is 0 Å². The molecular weight excluding hydrogens is 260 g/mol. The van der Waals surface area contributed by atoms with Gasteiger partial charge >= 0.3 is 0 Å². The molecule has 1 heterocycles. The number of carbonyl (C=O) groups is 1. The fourth-order valence-electron chi connectivity index (χ4n) is 3.61. The molecule has 0 radical (unpaired) electrons. The fraction of sp³-hybridized carbons (Fsp3) is 0.611. The molecule has 3 rings (SSSR count). The molecule has 1 aliphatic carbocycles. The molecule has 0 aromatic heterocycles. The number of aryl methyl sites for hydroxylation is 1. The van der Waals surface area contributed by atoms with Crippen LogP contribution in [0.15, 0.2) is 24.3 Å². The maximum Gasteiger partial charge on any atom is 0.240 e. The Hall–Kier alpha value is -1.35. The quantitative estimate of drug-likeness (QED) is 0.922. The summed E-state index contributed by atoms with van der Waals surface area (Å²) in [6.07, 6.45) is 5.72. The highest BCUT2D eigenvalue weighted by Gasteiger charge is 2.49. The van der Waals surface area contributed by atoms with Gasteiger partial charge in [-0.2, -0.15) is 0 Å². The molecule has 0 spiro atoms. The van der Waals surface area contributed by atoms with Crippen LogP contribution in [0.5, 0.6) is 0 Å². The average molecular weight is 286 g/mol. The number of carbonyl (C=O) groups excluding carboxylic acids is 1. The first-order valence-electron chi connectivity index (χ1n) is 8.24. The first-order chi connectivity index (χ1) is 10.1. The van der Waals surface area contributed by atoms with Gasteiger partial charge in [-0.05, 0) is 64.6 Å². The topological polar surface area (TPSA) is 32.3 Å². The van der Waals surface area contributed by atoms with E-state index in [1.165, 1.54) is 30.4 Å². The third kappa shape index (κ3) is 2.71. The third-order valence-electron chi connectivity index (χ3n) is 5.24. The van der Waals surface area contributed by atoms with Crippen LogP contribution in [-0.2, 0) is 4.79 Å². The van der Waals surface area contributed by atoms with Crippen molar-refractivity contribution in [2.45, 2.75) is 57.5 Å². The number of hydrogen-bond acceptors (Lipinski definition) is 2. The van der Waals surface area contributed by atoms with Crippen LogP contribution in [0, 0.1) is 6.92 Å². The van der Waals surface area contributed by atoms with Crippen molar-refractivity contribution in [1.82, 2.24) is 10.2 Å². The van der Waals surface area contributed by atoms with E-state index in [-0.39, 0.29) is 17.5 Å². The van der Waals surface area contributed by atoms with Crippen LogP contribution in [0.4, 0.5) is 0 Å². The summed E-state index contributed by atoms with van der Waals surface area (Å²) in [5, 5.41) is 3.25. The number of hydrogen-bond donors (Lipinski definition) is 1. The maximum atomic E-state index is 12.8. The summed E-state index contributed by atoms with van der Waals surface area (Å²) >= 11 is 0. The highest BCUT2D eigenvalue weighted by molar-refractivity contribution is 5.87. The monoisotopic (exact) mass is 286 g/mol. The molecule has 1 saturated heterocycles. The maximum absolute atomic E-state index is 12.8. The Kier molecular flexibility index (Phi) is 4.03. The van der Waals surface area contributed by atoms with Crippen molar-refractivity contribution in [3.63, 3.8) is 0 Å². The minimum absolute atomic E-state index is 0.0816. The third-order valence-corrected chi connectivity index (χ3v) is 5.24. The van der Waals surface area contributed by atoms with Gasteiger partial charge in [-0.1, -0.05) is 29.8 Å². The van der Waals surface area contributed by atoms with E-state index < -0.39 is 0 Å². The number of nitrogens with zero attached hydrogens (tertiary/aromatic N) is 1. The molecule has 1 saturated carbocycles. The van der Waals surface area contributed by atoms with Crippen molar-refractivity contribution in [2.75, 3.05) is 13.1 Å². The normalized spacial score (nSPS) is 22.6. The first kappa shape index (κ1) is 14.6. The molecule has 0 bridgehead atoms. The van der Waals surface area contributed by atoms with Crippen LogP contribution in [0.3, 0.4) is 0 Å². The highest BCUT2D eigenvalue weighted by atomic mass is 16.2. The van der Waals surface area contributed by atoms with Crippen molar-refractivity contribution in [2.24, 2.45) is 0 Å². The second kappa shape index (κ2) is 5.80. The van der Waals surface area contributed by atoms with Crippen LogP contribution in [0.1, 0.15) is 56.2 Å². The van der Waals surface area contributed by atoms with Gasteiger partial charge < -0.3 is 5.32 Å². The molecule has 21 heavy (non-hydrogen) atoms. The van der Waals surface area contributed by atoms with Crippen LogP contribution in [-0.4, -0.2) is 29.4 Å². The van der Waals surface area contributed by atoms with Gasteiger partial charge in [-0.15, -0.1) is 0 Å². The number of rotatable bonds is 4. The Morgan fingerprint density at radius 3 is 2.29 bits per heavy atom. The zero-order valence-corrected chi connectivity index (χ0v) is 13.2. The number of benzene rings is 1. The zero-order chi connectivity index (χ0) is 14.9. The molecule has 3 heteroatoms. The van der Waals surface area contributed by atoms with E-state index in [1.807, 2.05) is 0 Å². The van der Waals surface area contributed by atoms with Crippen molar-refractivity contribution < 1.29 is 4.79 Å². The van der Waals surface area contributed by atoms with E-state index in [0.717, 1.165) is 25.9 Å². The number of likely N-dealkylation sites (tertiary alicyclic amines) is 1. The summed E-state index contributed by atoms with van der Waals surface area (Å²) in [6.45, 7) is 6.35. The predicted octanol–water partition coefficient (Wildman–Crippen LogP) is 3.19. The van der Waals surface area contributed by atoms with Gasteiger partial charge in [0.25, 0.3) is 0 Å². The zero-order valence-electron chi connectivity index (χ0n) is 13.2. The summed E-state index contributed by atoms with van der Waals surface area (Å²) in [4.78, 5) is 15.3. The lowest BCUT2D eigenvalue weighted by molar-refractivity contribution is -0.139. The van der Waals surface area contributed by atoms with Gasteiger partial charge in [0.1, 0.15) is 5.54 Å². The van der Waals surface area contributed by atoms with E-state index in [0.29, 0.717) is 0 Å². The summed E-state index contributed by atoms with van der Waals surface area (Å²) < 4.78 is 0. The van der Waals surface area contributed by atoms with Crippen molar-refractivity contribution in [3.8, 4) is 0 Å². The van der Waals surface area contributed by atoms with E-state index in [2.05, 4.69) is 48.3 Å². The lowest BCUT2D eigenvalue weighted by Crippen LogP contribution is -2.62. The Morgan fingerprint density at radius 2 is 1.76 bits per heavy atom. The Labute approximate surface area is 127 Å². The minimum Gasteiger partial charge on any atom is -0.348 e. The van der Waals surface area contributed by atoms with E-state index >= 15 is 0 Å². The predicted molar refractivity (Wildman–Crippen MR) is 85.1 cm³/mol. The van der Waals surface area contributed by atoms with Gasteiger partial charge in [0.2, 0.25) is 5.91 Å². The largest absolute Gasteiger partial charge is 0.348 e. The Balaban J connectivity index is 1.68. The second-order valence-corrected chi connectivity index (χ2v) is 6.69. The van der Waals surface area contributed by atoms with Gasteiger partial charge in [0, 0.05) is 0 Å². The number of nitrogens with one attached hydrogen (secondary N) is 1. The molecule has 1 aliphatic heterocycles. The lowest BCUT2D eigenvalue weighted by Gasteiger charge is -2.47. The Morgan fingerprint density at radius 1 is 1.14 bits per heavy atom. The molecule has 3 nitrogen and oxygen atoms in total. The second-order valence-electron chi connectivity index (χ2n) is 6.69. The smallest absolute Gasteiger partial charge is 0.240 e. The van der Waals surface area contributed by atoms with Crippen LogP contribution >= 0.6 is 0 Å². The van der Waals surface area contributed by atoms with Crippen molar-refractivity contribution in [1.29, 1.82) is 0 Å². The molecule has 1 N–H and O–H groups in total. The fourth-order valence-corrected chi connectivity index (χ4v) is 3.61. The summed E-state index contributed by atoms with van der Waals surface area (Å²) in [5.74, 6) is 0.240. The molecule has 1 aromatic carbocycles. The molecule has 1 unspecified atom stereocenters. The first-order valence-corrected chi connectivity index (χ1v) is 8.24. The molecule has 1 atom stereocenters. The van der Waals surface area contributed by atoms with Crippen LogP contribution in [0.2, 0.25) is 0 Å². The van der Waals surface area contributed by atoms with Crippen molar-refractivity contribution in [3.05, 3.63) is 35.4 Å². The van der Waals surface area contributed by atoms with Crippen molar-refractivity contribution >= 4 is 5.91 Å². The van der Waals surface area contributed by atoms with E-state index in [9.17, 15) is 4.79 Å². The summed E-state index contributed by atoms with van der Waals surface area (Å²) in [6, 6.07) is 8.53. The van der Waals surface area contributed by atoms with E-state index in [4.69, 9.17) is 0 Å². The Bertz CT molecular complexity index is 498. The average Bonchev–Trinajstić information content (AvgIpc) is 2.92. The molecule has 1 aromatic rings. The molecule has 2 aliphatic rings. The number of amides is 1. The van der Waals surface area contributed by atoms with Gasteiger partial charge in [0.05, 0.1) is 6.04 Å². The SMILES string of the molecule is Cc1ccc(C(C)NC(=O)C2(N3CCCC3)CCC2)cc1. The summed E-state index contributed by atoms with van der Waals surface area (Å²) in [7, 11) is 0. The van der Waals surface area contributed by atoms with Crippen LogP contribution in [0.25, 0.3) is 0 Å². The summed E-state index contributed by atoms with van der Waals surface area (Å²) in [5.41, 5.74) is 2.24. The molecule has 1 amide bonds. The van der Waals surface area contributed by atoms with Gasteiger partial charge in [-0.3, -0.25) is 9.69 Å². The van der Waals surface area contributed by atoms with Crippen LogP contribution < -0.4 is 5.32 Å². The molecule has 114 valence electrons. The van der Waals surface area contributed by atoms with E-state index in [1.54, 1.807) is 0 Å².